The van der Waals surface area contributed by atoms with Crippen molar-refractivity contribution >= 4 is 58.9 Å². The van der Waals surface area contributed by atoms with Gasteiger partial charge in [0.05, 0.1) is 54.4 Å². The Morgan fingerprint density at radius 2 is 1.79 bits per heavy atom. The third-order valence-electron chi connectivity index (χ3n) is 16.2. The lowest BCUT2D eigenvalue weighted by atomic mass is 9.84. The maximum atomic E-state index is 14.7. The van der Waals surface area contributed by atoms with Crippen LogP contribution < -0.4 is 15.6 Å². The lowest BCUT2D eigenvalue weighted by Gasteiger charge is -2.37. The summed E-state index contributed by atoms with van der Waals surface area (Å²) in [6.07, 6.45) is 4.09. The van der Waals surface area contributed by atoms with Crippen LogP contribution in [0.3, 0.4) is 0 Å². The minimum atomic E-state index is -2.88. The first-order valence-electron chi connectivity index (χ1n) is 27.3. The number of alkyl halides is 2. The summed E-state index contributed by atoms with van der Waals surface area (Å²) in [5.74, 6) is -1.59. The molecule has 5 fully saturated rings. The van der Waals surface area contributed by atoms with Crippen LogP contribution in [0.1, 0.15) is 103 Å². The maximum Gasteiger partial charge on any atom is 0.324 e. The Morgan fingerprint density at radius 1 is 1.03 bits per heavy atom. The number of hydrazine groups is 1. The van der Waals surface area contributed by atoms with E-state index < -0.39 is 48.5 Å². The molecule has 9 rings (SSSR count). The molecule has 6 aliphatic rings. The second-order valence-corrected chi connectivity index (χ2v) is 22.8. The standard InChI is InChI=1S/C56H78F2N8O8S/c1-33(2)48-34(3)49(48)53(67)61-51-46(73-30-47(57)58)29-59-44(31-75)36-10-13-45-40(25-36)42(27-56(5,6)32-74-55(69)43-9-8-16-66(62-43)54(51)68)52(65(45)21-24-72-39-14-22-71-23-15-39)41-26-38(28-60-50(41)35(4)70-7)64-19-17-63(18-20-64)37-11-12-37/h10,13,25-26,28-29,31,33-35,37,39,43,46-49,51,62,75H,8-9,11-12,14-24,27,30,32H2,1-7H3,(H,61,67)/b44-31-,59-29?/t34-,35-,43-,46+,48+,49+,51-/m0/s1. The molecule has 4 bridgehead atoms. The summed E-state index contributed by atoms with van der Waals surface area (Å²) in [7, 11) is 1.69. The van der Waals surface area contributed by atoms with Gasteiger partial charge in [0.15, 0.2) is 0 Å². The Labute approximate surface area is 446 Å². The molecule has 4 aliphatic heterocycles. The normalized spacial score (nSPS) is 27.3. The van der Waals surface area contributed by atoms with Crippen LogP contribution in [0, 0.1) is 29.1 Å². The monoisotopic (exact) mass is 1060 g/mol. The molecule has 2 aromatic heterocycles. The number of rotatable bonds is 15. The molecule has 19 heteroatoms. The zero-order valence-electron chi connectivity index (χ0n) is 44.8. The second kappa shape index (κ2) is 24.0. The molecule has 0 unspecified atom stereocenters. The number of nitrogens with one attached hydrogen (secondary N) is 2. The molecular weight excluding hydrogens is 983 g/mol. The fourth-order valence-corrected chi connectivity index (χ4v) is 12.1. The summed E-state index contributed by atoms with van der Waals surface area (Å²) in [6, 6.07) is 6.63. The third kappa shape index (κ3) is 12.8. The number of cyclic esters (lactones) is 1. The summed E-state index contributed by atoms with van der Waals surface area (Å²) in [4.78, 5) is 58.1. The fourth-order valence-electron chi connectivity index (χ4n) is 11.9. The van der Waals surface area contributed by atoms with E-state index in [2.05, 4.69) is 69.8 Å². The van der Waals surface area contributed by atoms with E-state index in [0.717, 1.165) is 78.1 Å². The first kappa shape index (κ1) is 55.3. The molecule has 2 N–H and O–H groups in total. The van der Waals surface area contributed by atoms with Gasteiger partial charge in [-0.05, 0) is 98.8 Å². The molecule has 2 saturated carbocycles. The molecule has 16 nitrogen and oxygen atoms in total. The van der Waals surface area contributed by atoms with Crippen molar-refractivity contribution in [3.05, 3.63) is 52.7 Å². The van der Waals surface area contributed by atoms with Crippen LogP contribution in [0.2, 0.25) is 0 Å². The van der Waals surface area contributed by atoms with Crippen molar-refractivity contribution in [3.8, 4) is 11.3 Å². The zero-order chi connectivity index (χ0) is 53.1. The number of nitrogens with zero attached hydrogens (tertiary/aromatic N) is 6. The van der Waals surface area contributed by atoms with Crippen molar-refractivity contribution in [2.24, 2.45) is 34.1 Å². The molecule has 7 atom stereocenters. The predicted octanol–water partition coefficient (Wildman–Crippen LogP) is 7.48. The van der Waals surface area contributed by atoms with Gasteiger partial charge in [0, 0.05) is 105 Å². The van der Waals surface area contributed by atoms with Crippen molar-refractivity contribution in [1.82, 2.24) is 30.2 Å². The van der Waals surface area contributed by atoms with E-state index in [1.54, 1.807) is 7.11 Å². The molecule has 6 heterocycles. The quantitative estimate of drug-likeness (QED) is 0.102. The Bertz CT molecular complexity index is 2580. The number of ether oxygens (including phenoxy) is 5. The summed E-state index contributed by atoms with van der Waals surface area (Å²) in [5, 5.41) is 6.62. The van der Waals surface area contributed by atoms with Crippen LogP contribution in [0.5, 0.6) is 0 Å². The van der Waals surface area contributed by atoms with Crippen molar-refractivity contribution in [3.63, 3.8) is 0 Å². The average molecular weight is 1060 g/mol. The molecule has 3 aromatic rings. The topological polar surface area (TPSA) is 161 Å². The number of aromatic nitrogens is 2. The van der Waals surface area contributed by atoms with Crippen LogP contribution in [-0.4, -0.2) is 153 Å². The Kier molecular flexibility index (Phi) is 17.7. The Morgan fingerprint density at radius 3 is 2.47 bits per heavy atom. The van der Waals surface area contributed by atoms with E-state index in [-0.39, 0.29) is 54.9 Å². The van der Waals surface area contributed by atoms with E-state index in [4.69, 9.17) is 33.7 Å². The SMILES string of the molecule is CO[C@@H](C)c1ncc(N2CCN(C3CC3)CC2)cc1-c1c2c3cc(ccc3n1CCOC1CCOCC1)/C(=C/S)N=C[C@@H](OCC(F)F)[C@H](NC(=O)[C@@H]1[C@@H](C)[C@H]1C(C)C)C(=O)N1CCC[C@H](N1)C(=O)OCC(C)(C)C2. The third-order valence-corrected chi connectivity index (χ3v) is 16.5. The molecular formula is C56H78F2N8O8S. The number of anilines is 1. The lowest BCUT2D eigenvalue weighted by Crippen LogP contribution is -2.63. The van der Waals surface area contributed by atoms with Crippen LogP contribution in [-0.2, 0) is 51.0 Å². The van der Waals surface area contributed by atoms with Gasteiger partial charge in [0.1, 0.15) is 24.8 Å². The molecule has 0 spiro atoms. The molecule has 1 aromatic carbocycles. The molecule has 75 heavy (non-hydrogen) atoms. The summed E-state index contributed by atoms with van der Waals surface area (Å²) in [5.41, 5.74) is 9.06. The number of amides is 2. The highest BCUT2D eigenvalue weighted by molar-refractivity contribution is 7.83. The molecule has 3 saturated heterocycles. The summed E-state index contributed by atoms with van der Waals surface area (Å²) >= 11 is 4.66. The van der Waals surface area contributed by atoms with E-state index in [0.29, 0.717) is 62.9 Å². The van der Waals surface area contributed by atoms with Gasteiger partial charge < -0.3 is 38.5 Å². The fraction of sp³-hybridized carbons (Fsp3) is 0.661. The van der Waals surface area contributed by atoms with Gasteiger partial charge in [-0.1, -0.05) is 40.7 Å². The van der Waals surface area contributed by atoms with Gasteiger partial charge in [0.25, 0.3) is 12.3 Å². The number of esters is 1. The number of fused-ring (bicyclic) bond motifs is 3. The van der Waals surface area contributed by atoms with Gasteiger partial charge in [-0.3, -0.25) is 34.3 Å². The minimum absolute atomic E-state index is 0.0480. The number of thiol groups is 1. The van der Waals surface area contributed by atoms with E-state index in [1.807, 2.05) is 40.0 Å². The van der Waals surface area contributed by atoms with E-state index in [9.17, 15) is 23.2 Å². The van der Waals surface area contributed by atoms with Gasteiger partial charge in [-0.25, -0.2) is 14.2 Å². The van der Waals surface area contributed by atoms with Crippen molar-refractivity contribution in [2.75, 3.05) is 77.8 Å². The zero-order valence-corrected chi connectivity index (χ0v) is 45.7. The van der Waals surface area contributed by atoms with Crippen LogP contribution in [0.4, 0.5) is 14.5 Å². The number of halogens is 2. The smallest absolute Gasteiger partial charge is 0.324 e. The first-order valence-corrected chi connectivity index (χ1v) is 27.8. The lowest BCUT2D eigenvalue weighted by molar-refractivity contribution is -0.156. The Hall–Kier alpha value is -4.50. The Balaban J connectivity index is 1.19. The highest BCUT2D eigenvalue weighted by atomic mass is 32.1. The van der Waals surface area contributed by atoms with Crippen LogP contribution in [0.15, 0.2) is 40.9 Å². The molecule has 2 amide bonds. The number of pyridine rings is 1. The number of hydrogen-bond acceptors (Lipinski definition) is 14. The van der Waals surface area contributed by atoms with E-state index in [1.165, 1.54) is 29.5 Å². The second-order valence-electron chi connectivity index (χ2n) is 22.6. The van der Waals surface area contributed by atoms with Gasteiger partial charge in [-0.15, -0.1) is 12.6 Å². The molecule has 2 aliphatic carbocycles. The number of methoxy groups -OCH3 is 1. The summed E-state index contributed by atoms with van der Waals surface area (Å²) < 4.78 is 60.9. The average Bonchev–Trinajstić information content (AvgIpc) is 4.36. The van der Waals surface area contributed by atoms with Gasteiger partial charge in [0.2, 0.25) is 5.91 Å². The van der Waals surface area contributed by atoms with Crippen molar-refractivity contribution in [2.45, 2.75) is 136 Å². The highest BCUT2D eigenvalue weighted by Gasteiger charge is 2.54. The van der Waals surface area contributed by atoms with Gasteiger partial charge >= 0.3 is 5.97 Å². The summed E-state index contributed by atoms with van der Waals surface area (Å²) in [6.45, 7) is 17.5. The van der Waals surface area contributed by atoms with Crippen LogP contribution in [0.25, 0.3) is 27.9 Å². The number of benzene rings is 1. The predicted molar refractivity (Wildman–Crippen MR) is 288 cm³/mol. The minimum Gasteiger partial charge on any atom is -0.464 e. The number of aliphatic imine (C=N–C) groups is 1. The van der Waals surface area contributed by atoms with Gasteiger partial charge in [-0.2, -0.15) is 0 Å². The number of carbonyl (C=O) groups excluding carboxylic acids is 3. The largest absolute Gasteiger partial charge is 0.464 e. The maximum absolute atomic E-state index is 14.7. The first-order chi connectivity index (χ1) is 36.0. The number of carbonyl (C=O) groups is 3. The molecule has 410 valence electrons. The number of piperazine rings is 1. The van der Waals surface area contributed by atoms with Crippen LogP contribution >= 0.6 is 12.6 Å². The highest BCUT2D eigenvalue weighted by Crippen LogP contribution is 2.51. The van der Waals surface area contributed by atoms with E-state index >= 15 is 0 Å². The molecule has 0 radical (unpaired) electrons. The number of hydrogen-bond donors (Lipinski definition) is 3. The van der Waals surface area contributed by atoms with Crippen molar-refractivity contribution < 1.29 is 46.8 Å². The van der Waals surface area contributed by atoms with Crippen molar-refractivity contribution in [1.29, 1.82) is 0 Å².